The quantitative estimate of drug-likeness (QED) is 0.813. The summed E-state index contributed by atoms with van der Waals surface area (Å²) in [4.78, 5) is 12.0. The summed E-state index contributed by atoms with van der Waals surface area (Å²) in [7, 11) is 0. The lowest BCUT2D eigenvalue weighted by molar-refractivity contribution is -0.122. The molecule has 1 N–H and O–H groups in total. The van der Waals surface area contributed by atoms with Crippen LogP contribution in [-0.2, 0) is 4.79 Å². The summed E-state index contributed by atoms with van der Waals surface area (Å²) in [6.07, 6.45) is 5.60. The van der Waals surface area contributed by atoms with Crippen LogP contribution in [0.15, 0.2) is 24.3 Å². The minimum Gasteiger partial charge on any atom is -0.297 e. The van der Waals surface area contributed by atoms with Crippen LogP contribution in [0.3, 0.4) is 0 Å². The number of Topliss-reactive ketones (excluding diaryl/α,β-unsaturated/α-hetero) is 1. The Labute approximate surface area is 108 Å². The van der Waals surface area contributed by atoms with E-state index in [2.05, 4.69) is 0 Å². The number of nitrogens with zero attached hydrogens (tertiary/aromatic N) is 1. The van der Waals surface area contributed by atoms with Crippen LogP contribution in [-0.4, -0.2) is 17.0 Å². The molecule has 0 aliphatic heterocycles. The first kappa shape index (κ1) is 13.1. The first-order valence-corrected chi connectivity index (χ1v) is 6.76. The van der Waals surface area contributed by atoms with E-state index in [9.17, 15) is 10.0 Å². The van der Waals surface area contributed by atoms with Crippen LogP contribution in [0.4, 0.5) is 5.69 Å². The van der Waals surface area contributed by atoms with Gasteiger partial charge in [0.15, 0.2) is 5.78 Å². The number of carbonyl (C=O) groups excluding carboxylic acids is 1. The molecule has 0 bridgehead atoms. The molecule has 1 aliphatic rings. The zero-order valence-corrected chi connectivity index (χ0v) is 10.9. The van der Waals surface area contributed by atoms with Crippen LogP contribution in [0, 0.1) is 6.92 Å². The van der Waals surface area contributed by atoms with Crippen molar-refractivity contribution in [2.75, 3.05) is 5.06 Å². The normalized spacial score (nSPS) is 21.2. The average molecular weight is 247 g/mol. The predicted octanol–water partition coefficient (Wildman–Crippen LogP) is 3.48. The molecular weight excluding hydrogens is 226 g/mol. The molecular formula is C15H21NO2. The number of anilines is 1. The van der Waals surface area contributed by atoms with Gasteiger partial charge in [0.25, 0.3) is 0 Å². The zero-order valence-electron chi connectivity index (χ0n) is 10.9. The fourth-order valence-corrected chi connectivity index (χ4v) is 2.45. The van der Waals surface area contributed by atoms with Gasteiger partial charge in [0.2, 0.25) is 0 Å². The molecule has 0 heterocycles. The first-order valence-electron chi connectivity index (χ1n) is 6.76. The third-order valence-electron chi connectivity index (χ3n) is 3.62. The highest BCUT2D eigenvalue weighted by Crippen LogP contribution is 2.23. The number of hydrogen-bond donors (Lipinski definition) is 1. The highest BCUT2D eigenvalue weighted by Gasteiger charge is 2.25. The Kier molecular flexibility index (Phi) is 4.37. The number of carbonyl (C=O) groups is 1. The molecule has 0 saturated heterocycles. The van der Waals surface area contributed by atoms with Crippen molar-refractivity contribution in [3.63, 3.8) is 0 Å². The molecule has 3 heteroatoms. The second kappa shape index (κ2) is 6.01. The number of aryl methyl sites for hydroxylation is 1. The minimum absolute atomic E-state index is 0.165. The third-order valence-corrected chi connectivity index (χ3v) is 3.62. The SMILES string of the molecule is Cc1ccc(N(O)C2CCCCCCC2=O)cc1. The summed E-state index contributed by atoms with van der Waals surface area (Å²) in [5.41, 5.74) is 1.86. The predicted molar refractivity (Wildman–Crippen MR) is 71.9 cm³/mol. The molecule has 1 atom stereocenters. The summed E-state index contributed by atoms with van der Waals surface area (Å²) in [6.45, 7) is 2.01. The minimum atomic E-state index is -0.368. The molecule has 1 aliphatic carbocycles. The topological polar surface area (TPSA) is 40.5 Å². The molecule has 98 valence electrons. The van der Waals surface area contributed by atoms with Crippen molar-refractivity contribution in [2.24, 2.45) is 0 Å². The van der Waals surface area contributed by atoms with Crippen LogP contribution in [0.25, 0.3) is 0 Å². The van der Waals surface area contributed by atoms with E-state index in [1.165, 1.54) is 0 Å². The van der Waals surface area contributed by atoms with Gasteiger partial charge in [-0.25, -0.2) is 5.06 Å². The lowest BCUT2D eigenvalue weighted by Gasteiger charge is -2.28. The number of ketones is 1. The summed E-state index contributed by atoms with van der Waals surface area (Å²) in [5.74, 6) is 0.165. The van der Waals surface area contributed by atoms with Gasteiger partial charge in [-0.05, 0) is 31.9 Å². The fourth-order valence-electron chi connectivity index (χ4n) is 2.45. The Morgan fingerprint density at radius 3 is 2.50 bits per heavy atom. The zero-order chi connectivity index (χ0) is 13.0. The molecule has 0 amide bonds. The van der Waals surface area contributed by atoms with Crippen LogP contribution in [0.1, 0.15) is 44.1 Å². The molecule has 2 rings (SSSR count). The highest BCUT2D eigenvalue weighted by molar-refractivity contribution is 5.86. The third kappa shape index (κ3) is 3.10. The van der Waals surface area contributed by atoms with E-state index in [1.54, 1.807) is 0 Å². The van der Waals surface area contributed by atoms with Crippen molar-refractivity contribution in [3.8, 4) is 0 Å². The molecule has 1 saturated carbocycles. The number of benzene rings is 1. The lowest BCUT2D eigenvalue weighted by Crippen LogP contribution is -2.39. The summed E-state index contributed by atoms with van der Waals surface area (Å²) < 4.78 is 0. The molecule has 1 unspecified atom stereocenters. The number of hydroxylamine groups is 1. The maximum Gasteiger partial charge on any atom is 0.157 e. The van der Waals surface area contributed by atoms with Gasteiger partial charge in [-0.2, -0.15) is 0 Å². The first-order chi connectivity index (χ1) is 8.68. The smallest absolute Gasteiger partial charge is 0.157 e. The van der Waals surface area contributed by atoms with Gasteiger partial charge in [0.05, 0.1) is 5.69 Å². The van der Waals surface area contributed by atoms with Crippen molar-refractivity contribution in [3.05, 3.63) is 29.8 Å². The van der Waals surface area contributed by atoms with E-state index in [0.717, 1.165) is 42.7 Å². The van der Waals surface area contributed by atoms with Crippen molar-refractivity contribution in [1.29, 1.82) is 0 Å². The summed E-state index contributed by atoms with van der Waals surface area (Å²) in [5, 5.41) is 11.4. The molecule has 0 spiro atoms. The van der Waals surface area contributed by atoms with Crippen molar-refractivity contribution in [1.82, 2.24) is 0 Å². The van der Waals surface area contributed by atoms with Crippen molar-refractivity contribution < 1.29 is 10.0 Å². The Morgan fingerprint density at radius 2 is 1.78 bits per heavy atom. The van der Waals surface area contributed by atoms with Gasteiger partial charge in [0.1, 0.15) is 6.04 Å². The summed E-state index contributed by atoms with van der Waals surface area (Å²) >= 11 is 0. The fraction of sp³-hybridized carbons (Fsp3) is 0.533. The van der Waals surface area contributed by atoms with Crippen LogP contribution < -0.4 is 5.06 Å². The lowest BCUT2D eigenvalue weighted by atomic mass is 9.95. The van der Waals surface area contributed by atoms with Gasteiger partial charge < -0.3 is 0 Å². The van der Waals surface area contributed by atoms with Crippen molar-refractivity contribution in [2.45, 2.75) is 51.5 Å². The Morgan fingerprint density at radius 1 is 1.11 bits per heavy atom. The van der Waals surface area contributed by atoms with Gasteiger partial charge in [0, 0.05) is 6.42 Å². The maximum absolute atomic E-state index is 12.0. The van der Waals surface area contributed by atoms with E-state index in [1.807, 2.05) is 31.2 Å². The highest BCUT2D eigenvalue weighted by atomic mass is 16.5. The van der Waals surface area contributed by atoms with Gasteiger partial charge in [-0.15, -0.1) is 0 Å². The van der Waals surface area contributed by atoms with E-state index in [-0.39, 0.29) is 11.8 Å². The molecule has 0 aromatic heterocycles. The Balaban J connectivity index is 2.12. The molecule has 18 heavy (non-hydrogen) atoms. The maximum atomic E-state index is 12.0. The van der Waals surface area contributed by atoms with E-state index >= 15 is 0 Å². The average Bonchev–Trinajstić information content (AvgIpc) is 2.35. The van der Waals surface area contributed by atoms with E-state index in [0.29, 0.717) is 12.1 Å². The van der Waals surface area contributed by atoms with Gasteiger partial charge in [-0.1, -0.05) is 37.0 Å². The molecule has 0 radical (unpaired) electrons. The number of rotatable bonds is 2. The van der Waals surface area contributed by atoms with Gasteiger partial charge >= 0.3 is 0 Å². The van der Waals surface area contributed by atoms with Crippen LogP contribution in [0.5, 0.6) is 0 Å². The van der Waals surface area contributed by atoms with E-state index in [4.69, 9.17) is 0 Å². The number of hydrogen-bond acceptors (Lipinski definition) is 3. The molecule has 3 nitrogen and oxygen atoms in total. The Hall–Kier alpha value is -1.35. The Bertz CT molecular complexity index is 399. The second-order valence-electron chi connectivity index (χ2n) is 5.12. The monoisotopic (exact) mass is 247 g/mol. The molecule has 1 fully saturated rings. The van der Waals surface area contributed by atoms with Crippen LogP contribution >= 0.6 is 0 Å². The van der Waals surface area contributed by atoms with E-state index < -0.39 is 0 Å². The summed E-state index contributed by atoms with van der Waals surface area (Å²) in [6, 6.07) is 7.26. The second-order valence-corrected chi connectivity index (χ2v) is 5.12. The standard InChI is InChI=1S/C15H21NO2/c1-12-8-10-13(11-9-12)16(18)14-6-4-2-3-5-7-15(14)17/h8-11,14,18H,2-7H2,1H3. The molecule has 1 aromatic rings. The largest absolute Gasteiger partial charge is 0.297 e. The van der Waals surface area contributed by atoms with Gasteiger partial charge in [-0.3, -0.25) is 10.0 Å². The van der Waals surface area contributed by atoms with Crippen molar-refractivity contribution >= 4 is 11.5 Å². The van der Waals surface area contributed by atoms with Crippen LogP contribution in [0.2, 0.25) is 0 Å². The molecule has 1 aromatic carbocycles.